The van der Waals surface area contributed by atoms with Gasteiger partial charge in [0.1, 0.15) is 11.8 Å². The highest BCUT2D eigenvalue weighted by Crippen LogP contribution is 2.29. The van der Waals surface area contributed by atoms with Gasteiger partial charge in [0, 0.05) is 5.69 Å². The molecule has 4 rings (SSSR count). The van der Waals surface area contributed by atoms with Crippen molar-refractivity contribution in [3.63, 3.8) is 0 Å². The van der Waals surface area contributed by atoms with Crippen LogP contribution in [0.4, 0.5) is 11.4 Å². The summed E-state index contributed by atoms with van der Waals surface area (Å²) in [5.74, 6) is -0.440. The first-order valence-corrected chi connectivity index (χ1v) is 11.2. The number of carbonyl (C=O) groups is 3. The average molecular weight is 478 g/mol. The van der Waals surface area contributed by atoms with Crippen molar-refractivity contribution in [1.29, 1.82) is 0 Å². The molecule has 2 amide bonds. The van der Waals surface area contributed by atoms with Gasteiger partial charge in [0.05, 0.1) is 37.1 Å². The van der Waals surface area contributed by atoms with Crippen LogP contribution in [0.5, 0.6) is 0 Å². The van der Waals surface area contributed by atoms with Crippen LogP contribution in [0.1, 0.15) is 29.5 Å². The molecule has 1 aromatic heterocycles. The molecule has 1 saturated heterocycles. The molecule has 1 fully saturated rings. The summed E-state index contributed by atoms with van der Waals surface area (Å²) in [6.45, 7) is 2.27. The van der Waals surface area contributed by atoms with Gasteiger partial charge in [-0.05, 0) is 67.7 Å². The van der Waals surface area contributed by atoms with Crippen molar-refractivity contribution in [2.75, 3.05) is 16.8 Å². The first-order valence-electron chi connectivity index (χ1n) is 10.8. The Kier molecular flexibility index (Phi) is 7.03. The monoisotopic (exact) mass is 477 g/mol. The summed E-state index contributed by atoms with van der Waals surface area (Å²) >= 11 is 5.63. The lowest BCUT2D eigenvalue weighted by molar-refractivity contribution is -0.124. The van der Waals surface area contributed by atoms with E-state index in [1.807, 2.05) is 18.2 Å². The van der Waals surface area contributed by atoms with E-state index in [9.17, 15) is 14.4 Å². The van der Waals surface area contributed by atoms with Crippen LogP contribution in [0.2, 0.25) is 0 Å². The zero-order valence-corrected chi connectivity index (χ0v) is 19.3. The fourth-order valence-corrected chi connectivity index (χ4v) is 4.08. The fourth-order valence-electron chi connectivity index (χ4n) is 3.69. The Morgan fingerprint density at radius 3 is 2.44 bits per heavy atom. The van der Waals surface area contributed by atoms with Crippen molar-refractivity contribution in [3.8, 4) is 0 Å². The molecule has 1 unspecified atom stereocenters. The molecule has 0 bridgehead atoms. The van der Waals surface area contributed by atoms with Crippen molar-refractivity contribution < 1.29 is 23.5 Å². The van der Waals surface area contributed by atoms with Gasteiger partial charge in [0.2, 0.25) is 5.91 Å². The third kappa shape index (κ3) is 4.99. The Morgan fingerprint density at radius 2 is 1.79 bits per heavy atom. The molecule has 34 heavy (non-hydrogen) atoms. The quantitative estimate of drug-likeness (QED) is 0.387. The number of rotatable bonds is 8. The van der Waals surface area contributed by atoms with Crippen LogP contribution in [0.15, 0.2) is 77.4 Å². The van der Waals surface area contributed by atoms with Gasteiger partial charge in [-0.2, -0.15) is 0 Å². The summed E-state index contributed by atoms with van der Waals surface area (Å²) in [4.78, 5) is 41.2. The van der Waals surface area contributed by atoms with E-state index in [1.165, 1.54) is 4.90 Å². The summed E-state index contributed by atoms with van der Waals surface area (Å²) in [5.41, 5.74) is 1.53. The first-order chi connectivity index (χ1) is 16.5. The molecule has 2 aromatic carbocycles. The molecule has 1 atom stereocenters. The molecule has 3 aromatic rings. The molecule has 8 nitrogen and oxygen atoms in total. The van der Waals surface area contributed by atoms with Crippen molar-refractivity contribution in [1.82, 2.24) is 4.90 Å². The number of nitrogens with one attached hydrogen (secondary N) is 1. The topological polar surface area (TPSA) is 92.1 Å². The van der Waals surface area contributed by atoms with E-state index >= 15 is 0 Å². The van der Waals surface area contributed by atoms with Crippen molar-refractivity contribution >= 4 is 46.5 Å². The molecular weight excluding hydrogens is 454 g/mol. The van der Waals surface area contributed by atoms with Crippen molar-refractivity contribution in [2.24, 2.45) is 0 Å². The summed E-state index contributed by atoms with van der Waals surface area (Å²) in [6.07, 6.45) is 1.44. The lowest BCUT2D eigenvalue weighted by Crippen LogP contribution is -2.37. The number of thiocarbonyl (C=S) groups is 1. The highest BCUT2D eigenvalue weighted by atomic mass is 32.1. The van der Waals surface area contributed by atoms with Gasteiger partial charge in [0.25, 0.3) is 5.91 Å². The second-order valence-electron chi connectivity index (χ2n) is 7.56. The minimum absolute atomic E-state index is 0.108. The van der Waals surface area contributed by atoms with Gasteiger partial charge >= 0.3 is 5.97 Å². The number of para-hydroxylation sites is 1. The summed E-state index contributed by atoms with van der Waals surface area (Å²) in [6, 6.07) is 18.2. The first kappa shape index (κ1) is 23.2. The largest absolute Gasteiger partial charge is 0.467 e. The Hall–Kier alpha value is -3.98. The molecule has 2 heterocycles. The minimum atomic E-state index is -0.795. The van der Waals surface area contributed by atoms with E-state index in [4.69, 9.17) is 21.4 Å². The van der Waals surface area contributed by atoms with E-state index in [2.05, 4.69) is 5.32 Å². The zero-order valence-electron chi connectivity index (χ0n) is 18.5. The molecule has 1 aliphatic rings. The van der Waals surface area contributed by atoms with Crippen LogP contribution < -0.4 is 10.2 Å². The molecule has 1 N–H and O–H groups in total. The third-order valence-electron chi connectivity index (χ3n) is 5.30. The van der Waals surface area contributed by atoms with Crippen LogP contribution in [-0.4, -0.2) is 40.4 Å². The molecule has 0 spiro atoms. The summed E-state index contributed by atoms with van der Waals surface area (Å²) in [5, 5.41) is 3.09. The van der Waals surface area contributed by atoms with Crippen LogP contribution in [0, 0.1) is 0 Å². The molecule has 0 saturated carbocycles. The smallest absolute Gasteiger partial charge is 0.338 e. The van der Waals surface area contributed by atoms with E-state index in [0.29, 0.717) is 27.8 Å². The van der Waals surface area contributed by atoms with E-state index in [-0.39, 0.29) is 31.4 Å². The Bertz CT molecular complexity index is 1180. The van der Waals surface area contributed by atoms with Gasteiger partial charge in [-0.15, -0.1) is 0 Å². The number of nitrogens with zero attached hydrogens (tertiary/aromatic N) is 2. The van der Waals surface area contributed by atoms with Crippen molar-refractivity contribution in [3.05, 3.63) is 84.3 Å². The number of hydrogen-bond acceptors (Lipinski definition) is 6. The minimum Gasteiger partial charge on any atom is -0.467 e. The summed E-state index contributed by atoms with van der Waals surface area (Å²) in [7, 11) is 0. The summed E-state index contributed by atoms with van der Waals surface area (Å²) < 4.78 is 10.4. The number of ether oxygens (including phenoxy) is 1. The van der Waals surface area contributed by atoms with E-state index in [1.54, 1.807) is 66.6 Å². The van der Waals surface area contributed by atoms with Crippen LogP contribution in [-0.2, 0) is 20.9 Å². The predicted octanol–water partition coefficient (Wildman–Crippen LogP) is 3.99. The maximum Gasteiger partial charge on any atom is 0.338 e. The zero-order chi connectivity index (χ0) is 24.1. The third-order valence-corrected chi connectivity index (χ3v) is 5.71. The van der Waals surface area contributed by atoms with Crippen LogP contribution in [0.25, 0.3) is 0 Å². The number of benzene rings is 2. The normalized spacial score (nSPS) is 15.5. The Labute approximate surface area is 202 Å². The Morgan fingerprint density at radius 1 is 1.06 bits per heavy atom. The van der Waals surface area contributed by atoms with E-state index < -0.39 is 12.0 Å². The van der Waals surface area contributed by atoms with Crippen LogP contribution in [0.3, 0.4) is 0 Å². The lowest BCUT2D eigenvalue weighted by atomic mass is 10.1. The van der Waals surface area contributed by atoms with E-state index in [0.717, 1.165) is 0 Å². The predicted molar refractivity (Wildman–Crippen MR) is 130 cm³/mol. The molecule has 0 radical (unpaired) electrons. The highest BCUT2D eigenvalue weighted by Gasteiger charge is 2.44. The number of hydrogen-bond donors (Lipinski definition) is 1. The molecule has 9 heteroatoms. The Balaban J connectivity index is 1.50. The maximum atomic E-state index is 13.4. The van der Waals surface area contributed by atoms with Crippen molar-refractivity contribution in [2.45, 2.75) is 25.9 Å². The van der Waals surface area contributed by atoms with Gasteiger partial charge in [-0.3, -0.25) is 14.5 Å². The fraction of sp³-hybridized carbons (Fsp3) is 0.200. The second-order valence-corrected chi connectivity index (χ2v) is 7.93. The van der Waals surface area contributed by atoms with Gasteiger partial charge < -0.3 is 19.4 Å². The van der Waals surface area contributed by atoms with Crippen LogP contribution >= 0.6 is 12.2 Å². The number of esters is 1. The molecular formula is C25H23N3O5S. The lowest BCUT2D eigenvalue weighted by Gasteiger charge is -2.22. The molecule has 0 aliphatic carbocycles. The highest BCUT2D eigenvalue weighted by molar-refractivity contribution is 7.80. The number of anilines is 2. The number of carbonyl (C=O) groups excluding carboxylic acids is 3. The standard InChI is InChI=1S/C25H23N3O5S/c1-2-32-24(31)17-10-12-18(13-11-17)26-22(29)15-21-23(30)28(19-7-4-3-5-8-19)25(34)27(21)16-20-9-6-14-33-20/h3-14,21H,2,15-16H2,1H3,(H,26,29). The number of furan rings is 1. The SMILES string of the molecule is CCOC(=O)c1ccc(NC(=O)CC2C(=O)N(c3ccccc3)C(=S)N2Cc2ccco2)cc1. The maximum absolute atomic E-state index is 13.4. The molecule has 1 aliphatic heterocycles. The number of amides is 2. The molecule has 174 valence electrons. The average Bonchev–Trinajstić information content (AvgIpc) is 3.43. The van der Waals surface area contributed by atoms with Gasteiger partial charge in [-0.1, -0.05) is 18.2 Å². The second kappa shape index (κ2) is 10.3. The van der Waals surface area contributed by atoms with Gasteiger partial charge in [0.15, 0.2) is 5.11 Å². The van der Waals surface area contributed by atoms with Gasteiger partial charge in [-0.25, -0.2) is 4.79 Å².